The quantitative estimate of drug-likeness (QED) is 0.335. The number of rotatable bonds is 9. The molecule has 0 saturated heterocycles. The lowest BCUT2D eigenvalue weighted by molar-refractivity contribution is -0.115. The summed E-state index contributed by atoms with van der Waals surface area (Å²) in [5.74, 6) is 2.12. The predicted octanol–water partition coefficient (Wildman–Crippen LogP) is 3.24. The van der Waals surface area contributed by atoms with E-state index in [1.165, 1.54) is 23.1 Å². The molecule has 1 aliphatic rings. The van der Waals surface area contributed by atoms with Gasteiger partial charge in [0, 0.05) is 11.8 Å². The fraction of sp³-hybridized carbons (Fsp3) is 0.273. The topological polar surface area (TPSA) is 121 Å². The standard InChI is InChI=1S/C22H22N4O6S2/c1-29-15-5-3-13(9-17(15)30-2)10-19(27)24-21-25-26-22(34-21)33-12-20(28)23-14-4-6-16-18(11-14)32-8-7-31-16/h3-6,9,11H,7-8,10,12H2,1-2H3,(H,23,28)(H,24,25,27). The van der Waals surface area contributed by atoms with Crippen molar-refractivity contribution in [2.24, 2.45) is 0 Å². The van der Waals surface area contributed by atoms with Gasteiger partial charge in [0.25, 0.3) is 0 Å². The molecular formula is C22H22N4O6S2. The molecule has 0 aliphatic carbocycles. The maximum atomic E-state index is 12.4. The number of carbonyl (C=O) groups is 2. The van der Waals surface area contributed by atoms with Gasteiger partial charge in [-0.25, -0.2) is 0 Å². The third-order valence-corrected chi connectivity index (χ3v) is 6.59. The summed E-state index contributed by atoms with van der Waals surface area (Å²) in [5, 5.41) is 13.9. The fourth-order valence-corrected chi connectivity index (χ4v) is 4.67. The van der Waals surface area contributed by atoms with Gasteiger partial charge >= 0.3 is 0 Å². The van der Waals surface area contributed by atoms with Gasteiger partial charge in [0.05, 0.1) is 26.4 Å². The second-order valence-corrected chi connectivity index (χ2v) is 9.18. The van der Waals surface area contributed by atoms with Crippen molar-refractivity contribution in [3.05, 3.63) is 42.0 Å². The monoisotopic (exact) mass is 502 g/mol. The summed E-state index contributed by atoms with van der Waals surface area (Å²) in [5.41, 5.74) is 1.39. The van der Waals surface area contributed by atoms with Crippen molar-refractivity contribution >= 4 is 45.7 Å². The maximum absolute atomic E-state index is 12.4. The molecule has 0 atom stereocenters. The molecule has 0 radical (unpaired) electrons. The summed E-state index contributed by atoms with van der Waals surface area (Å²) in [6, 6.07) is 10.5. The first-order valence-corrected chi connectivity index (χ1v) is 12.0. The third-order valence-electron chi connectivity index (χ3n) is 4.62. The van der Waals surface area contributed by atoms with Crippen LogP contribution >= 0.6 is 23.1 Å². The van der Waals surface area contributed by atoms with E-state index in [9.17, 15) is 9.59 Å². The fourth-order valence-electron chi connectivity index (χ4n) is 3.10. The van der Waals surface area contributed by atoms with Crippen LogP contribution < -0.4 is 29.6 Å². The Kier molecular flexibility index (Phi) is 7.70. The summed E-state index contributed by atoms with van der Waals surface area (Å²) >= 11 is 2.43. The van der Waals surface area contributed by atoms with Gasteiger partial charge in [0.2, 0.25) is 16.9 Å². The van der Waals surface area contributed by atoms with Gasteiger partial charge in [-0.15, -0.1) is 10.2 Å². The van der Waals surface area contributed by atoms with Gasteiger partial charge in [-0.1, -0.05) is 29.2 Å². The van der Waals surface area contributed by atoms with Crippen LogP contribution in [0.5, 0.6) is 23.0 Å². The van der Waals surface area contributed by atoms with Crippen LogP contribution in [0.25, 0.3) is 0 Å². The van der Waals surface area contributed by atoms with E-state index >= 15 is 0 Å². The summed E-state index contributed by atoms with van der Waals surface area (Å²) in [7, 11) is 3.09. The lowest BCUT2D eigenvalue weighted by Crippen LogP contribution is -2.17. The maximum Gasteiger partial charge on any atom is 0.234 e. The Morgan fingerprint density at radius 2 is 1.76 bits per heavy atom. The number of hydrogen-bond donors (Lipinski definition) is 2. The minimum atomic E-state index is -0.240. The molecule has 0 fully saturated rings. The molecule has 1 aromatic heterocycles. The number of amides is 2. The number of nitrogens with zero attached hydrogens (tertiary/aromatic N) is 2. The van der Waals surface area contributed by atoms with Crippen molar-refractivity contribution in [1.29, 1.82) is 0 Å². The molecule has 2 N–H and O–H groups in total. The SMILES string of the molecule is COc1ccc(CC(=O)Nc2nnc(SCC(=O)Nc3ccc4c(c3)OCCO4)s2)cc1OC. The van der Waals surface area contributed by atoms with Gasteiger partial charge in [-0.05, 0) is 29.8 Å². The largest absolute Gasteiger partial charge is 0.493 e. The van der Waals surface area contributed by atoms with Crippen LogP contribution in [0.1, 0.15) is 5.56 Å². The molecule has 0 bridgehead atoms. The van der Waals surface area contributed by atoms with Crippen LogP contribution in [-0.4, -0.2) is 55.2 Å². The second kappa shape index (κ2) is 11.1. The molecule has 0 spiro atoms. The average Bonchev–Trinajstić information content (AvgIpc) is 3.29. The number of aromatic nitrogens is 2. The van der Waals surface area contributed by atoms with Gasteiger partial charge < -0.3 is 29.6 Å². The summed E-state index contributed by atoms with van der Waals surface area (Å²) in [6.45, 7) is 0.986. The van der Waals surface area contributed by atoms with Gasteiger partial charge in [0.1, 0.15) is 13.2 Å². The summed E-state index contributed by atoms with van der Waals surface area (Å²) in [6.07, 6.45) is 0.139. The number of hydrogen-bond acceptors (Lipinski definition) is 10. The molecule has 2 amide bonds. The summed E-state index contributed by atoms with van der Waals surface area (Å²) in [4.78, 5) is 24.7. The first kappa shape index (κ1) is 23.6. The molecule has 2 aromatic carbocycles. The molecule has 10 nitrogen and oxygen atoms in total. The Balaban J connectivity index is 1.25. The van der Waals surface area contributed by atoms with Crippen LogP contribution in [0.2, 0.25) is 0 Å². The van der Waals surface area contributed by atoms with E-state index in [1.807, 2.05) is 0 Å². The number of benzene rings is 2. The molecule has 178 valence electrons. The zero-order chi connectivity index (χ0) is 23.9. The Hall–Kier alpha value is -3.51. The van der Waals surface area contributed by atoms with E-state index < -0.39 is 0 Å². The zero-order valence-corrected chi connectivity index (χ0v) is 20.1. The average molecular weight is 503 g/mol. The first-order chi connectivity index (χ1) is 16.5. The smallest absolute Gasteiger partial charge is 0.234 e. The van der Waals surface area contributed by atoms with Crippen LogP contribution in [0.4, 0.5) is 10.8 Å². The minimum Gasteiger partial charge on any atom is -0.493 e. The predicted molar refractivity (Wildman–Crippen MR) is 129 cm³/mol. The van der Waals surface area contributed by atoms with E-state index in [-0.39, 0.29) is 24.0 Å². The number of methoxy groups -OCH3 is 2. The number of anilines is 2. The zero-order valence-electron chi connectivity index (χ0n) is 18.5. The molecule has 2 heterocycles. The van der Waals surface area contributed by atoms with Crippen molar-refractivity contribution in [2.45, 2.75) is 10.8 Å². The first-order valence-electron chi connectivity index (χ1n) is 10.2. The highest BCUT2D eigenvalue weighted by molar-refractivity contribution is 8.01. The number of fused-ring (bicyclic) bond motifs is 1. The van der Waals surface area contributed by atoms with E-state index in [2.05, 4.69) is 20.8 Å². The molecule has 4 rings (SSSR count). The molecular weight excluding hydrogens is 480 g/mol. The van der Waals surface area contributed by atoms with E-state index in [1.54, 1.807) is 50.6 Å². The van der Waals surface area contributed by atoms with Gasteiger partial charge in [0.15, 0.2) is 27.3 Å². The van der Waals surface area contributed by atoms with Crippen molar-refractivity contribution < 1.29 is 28.5 Å². The minimum absolute atomic E-state index is 0.139. The molecule has 3 aromatic rings. The lowest BCUT2D eigenvalue weighted by atomic mass is 10.1. The normalized spacial score (nSPS) is 12.1. The Morgan fingerprint density at radius 1 is 0.971 bits per heavy atom. The van der Waals surface area contributed by atoms with Crippen molar-refractivity contribution in [1.82, 2.24) is 10.2 Å². The van der Waals surface area contributed by atoms with Crippen molar-refractivity contribution in [2.75, 3.05) is 43.8 Å². The van der Waals surface area contributed by atoms with E-state index in [0.29, 0.717) is 51.4 Å². The number of ether oxygens (including phenoxy) is 4. The molecule has 34 heavy (non-hydrogen) atoms. The van der Waals surface area contributed by atoms with Crippen LogP contribution in [0.3, 0.4) is 0 Å². The number of nitrogens with one attached hydrogen (secondary N) is 2. The van der Waals surface area contributed by atoms with Gasteiger partial charge in [-0.3, -0.25) is 9.59 Å². The lowest BCUT2D eigenvalue weighted by Gasteiger charge is -2.18. The van der Waals surface area contributed by atoms with E-state index in [0.717, 1.165) is 5.56 Å². The Morgan fingerprint density at radius 3 is 2.56 bits per heavy atom. The third kappa shape index (κ3) is 6.08. The van der Waals surface area contributed by atoms with E-state index in [4.69, 9.17) is 18.9 Å². The van der Waals surface area contributed by atoms with Crippen molar-refractivity contribution in [3.8, 4) is 23.0 Å². The second-order valence-electron chi connectivity index (χ2n) is 6.98. The molecule has 0 unspecified atom stereocenters. The highest BCUT2D eigenvalue weighted by Gasteiger charge is 2.15. The molecule has 0 saturated carbocycles. The van der Waals surface area contributed by atoms with Gasteiger partial charge in [-0.2, -0.15) is 0 Å². The molecule has 1 aliphatic heterocycles. The van der Waals surface area contributed by atoms with Crippen molar-refractivity contribution in [3.63, 3.8) is 0 Å². The number of carbonyl (C=O) groups excluding carboxylic acids is 2. The van der Waals surface area contributed by atoms with Crippen LogP contribution in [0, 0.1) is 0 Å². The Labute approximate surface area is 204 Å². The number of thioether (sulfide) groups is 1. The highest BCUT2D eigenvalue weighted by Crippen LogP contribution is 2.33. The highest BCUT2D eigenvalue weighted by atomic mass is 32.2. The Bertz CT molecular complexity index is 1190. The van der Waals surface area contributed by atoms with Crippen LogP contribution in [-0.2, 0) is 16.0 Å². The molecule has 12 heteroatoms. The summed E-state index contributed by atoms with van der Waals surface area (Å²) < 4.78 is 22.0. The van der Waals surface area contributed by atoms with Crippen LogP contribution in [0.15, 0.2) is 40.7 Å².